The molecule has 0 saturated heterocycles. The monoisotopic (exact) mass is 560 g/mol. The highest BCUT2D eigenvalue weighted by atomic mass is 35.5. The van der Waals surface area contributed by atoms with Gasteiger partial charge in [-0.3, -0.25) is 9.10 Å². The highest BCUT2D eigenvalue weighted by molar-refractivity contribution is 7.93. The third kappa shape index (κ3) is 6.09. The minimum Gasteiger partial charge on any atom is -0.495 e. The Morgan fingerprint density at radius 1 is 0.941 bits per heavy atom. The van der Waals surface area contributed by atoms with Crippen molar-refractivity contribution in [3.63, 3.8) is 0 Å². The molecule has 180 valence electrons. The van der Waals surface area contributed by atoms with Crippen molar-refractivity contribution in [2.45, 2.75) is 18.4 Å². The molecule has 0 aliphatic rings. The van der Waals surface area contributed by atoms with Crippen molar-refractivity contribution < 1.29 is 17.9 Å². The minimum absolute atomic E-state index is 0.0812. The molecule has 0 radical (unpaired) electrons. The molecule has 0 spiro atoms. The molecule has 1 amide bonds. The van der Waals surface area contributed by atoms with Crippen LogP contribution in [0.4, 0.5) is 5.69 Å². The van der Waals surface area contributed by atoms with Crippen molar-refractivity contribution in [3.05, 3.63) is 85.8 Å². The highest BCUT2D eigenvalue weighted by Gasteiger charge is 2.30. The first-order valence-electron chi connectivity index (χ1n) is 9.86. The summed E-state index contributed by atoms with van der Waals surface area (Å²) in [5.41, 5.74) is 1.50. The minimum atomic E-state index is -4.24. The quantitative estimate of drug-likeness (QED) is 0.359. The van der Waals surface area contributed by atoms with Gasteiger partial charge in [-0.15, -0.1) is 0 Å². The number of halogens is 4. The van der Waals surface area contributed by atoms with Gasteiger partial charge in [0.2, 0.25) is 5.91 Å². The number of nitrogens with one attached hydrogen (secondary N) is 1. The number of anilines is 1. The summed E-state index contributed by atoms with van der Waals surface area (Å²) in [7, 11) is -2.87. The summed E-state index contributed by atoms with van der Waals surface area (Å²) in [4.78, 5) is 12.8. The molecule has 0 unspecified atom stereocenters. The number of nitrogens with zero attached hydrogens (tertiary/aromatic N) is 1. The van der Waals surface area contributed by atoms with Crippen LogP contribution in [0.2, 0.25) is 20.1 Å². The lowest BCUT2D eigenvalue weighted by Gasteiger charge is -2.25. The predicted molar refractivity (Wildman–Crippen MR) is 137 cm³/mol. The molecular formula is C23H20Cl4N2O4S. The fourth-order valence-electron chi connectivity index (χ4n) is 3.10. The van der Waals surface area contributed by atoms with Crippen molar-refractivity contribution >= 4 is 68.0 Å². The number of methoxy groups -OCH3 is 1. The van der Waals surface area contributed by atoms with Crippen LogP contribution in [0.15, 0.2) is 59.5 Å². The first-order chi connectivity index (χ1) is 16.0. The Labute approximate surface area is 218 Å². The highest BCUT2D eigenvalue weighted by Crippen LogP contribution is 2.33. The number of hydrogen-bond acceptors (Lipinski definition) is 4. The molecule has 0 aromatic heterocycles. The number of carbonyl (C=O) groups excluding carboxylic acids is 1. The van der Waals surface area contributed by atoms with Crippen molar-refractivity contribution in [1.29, 1.82) is 0 Å². The lowest BCUT2D eigenvalue weighted by atomic mass is 10.2. The van der Waals surface area contributed by atoms with Gasteiger partial charge in [0.15, 0.2) is 0 Å². The van der Waals surface area contributed by atoms with E-state index in [0.717, 1.165) is 4.31 Å². The second-order valence-electron chi connectivity index (χ2n) is 7.28. The molecule has 3 aromatic rings. The van der Waals surface area contributed by atoms with E-state index in [2.05, 4.69) is 5.32 Å². The van der Waals surface area contributed by atoms with Gasteiger partial charge < -0.3 is 10.1 Å². The van der Waals surface area contributed by atoms with Crippen molar-refractivity contribution in [1.82, 2.24) is 5.32 Å². The van der Waals surface area contributed by atoms with E-state index in [4.69, 9.17) is 51.1 Å². The molecule has 1 N–H and O–H groups in total. The van der Waals surface area contributed by atoms with Gasteiger partial charge in [0.25, 0.3) is 10.0 Å². The van der Waals surface area contributed by atoms with Crippen LogP contribution in [0.25, 0.3) is 0 Å². The third-order valence-electron chi connectivity index (χ3n) is 4.86. The maximum Gasteiger partial charge on any atom is 0.268 e. The zero-order valence-corrected chi connectivity index (χ0v) is 22.0. The van der Waals surface area contributed by atoms with E-state index in [1.54, 1.807) is 37.3 Å². The topological polar surface area (TPSA) is 75.7 Å². The number of rotatable bonds is 8. The number of amides is 1. The summed E-state index contributed by atoms with van der Waals surface area (Å²) in [6, 6.07) is 13.9. The number of ether oxygens (including phenoxy) is 1. The number of aryl methyl sites for hydroxylation is 1. The second-order valence-corrected chi connectivity index (χ2v) is 10.8. The number of benzene rings is 3. The van der Waals surface area contributed by atoms with Gasteiger partial charge in [-0.2, -0.15) is 0 Å². The Hall–Kier alpha value is -2.16. The predicted octanol–water partition coefficient (Wildman–Crippen LogP) is 6.13. The second kappa shape index (κ2) is 11.1. The molecule has 0 bridgehead atoms. The Morgan fingerprint density at radius 3 is 2.32 bits per heavy atom. The van der Waals surface area contributed by atoms with Crippen molar-refractivity contribution in [3.8, 4) is 5.75 Å². The average Bonchev–Trinajstić information content (AvgIpc) is 2.78. The Balaban J connectivity index is 1.96. The molecular weight excluding hydrogens is 542 g/mol. The van der Waals surface area contributed by atoms with Gasteiger partial charge in [-0.1, -0.05) is 58.5 Å². The van der Waals surface area contributed by atoms with Crippen LogP contribution in [0.1, 0.15) is 11.1 Å². The smallest absolute Gasteiger partial charge is 0.268 e. The van der Waals surface area contributed by atoms with Crippen molar-refractivity contribution in [2.24, 2.45) is 0 Å². The van der Waals surface area contributed by atoms with Crippen LogP contribution in [0, 0.1) is 6.92 Å². The summed E-state index contributed by atoms with van der Waals surface area (Å²) >= 11 is 24.2. The van der Waals surface area contributed by atoms with Crippen LogP contribution in [0.5, 0.6) is 5.75 Å². The largest absolute Gasteiger partial charge is 0.495 e. The molecule has 0 fully saturated rings. The maximum atomic E-state index is 13.7. The zero-order chi connectivity index (χ0) is 25.0. The van der Waals surface area contributed by atoms with E-state index in [1.807, 2.05) is 0 Å². The van der Waals surface area contributed by atoms with E-state index in [-0.39, 0.29) is 32.9 Å². The van der Waals surface area contributed by atoms with Gasteiger partial charge in [0.1, 0.15) is 17.2 Å². The third-order valence-corrected chi connectivity index (χ3v) is 7.98. The van der Waals surface area contributed by atoms with Gasteiger partial charge in [-0.05, 0) is 60.5 Å². The van der Waals surface area contributed by atoms with E-state index >= 15 is 0 Å². The molecule has 3 rings (SSSR count). The summed E-state index contributed by atoms with van der Waals surface area (Å²) < 4.78 is 33.7. The Kier molecular flexibility index (Phi) is 8.60. The zero-order valence-electron chi connectivity index (χ0n) is 18.1. The Morgan fingerprint density at radius 2 is 1.68 bits per heavy atom. The SMILES string of the molecule is COc1ccc(C)cc1S(=O)(=O)N(CC(=O)NCc1ccc(Cl)cc1Cl)c1ccc(Cl)c(Cl)c1. The van der Waals surface area contributed by atoms with Gasteiger partial charge in [0, 0.05) is 16.6 Å². The van der Waals surface area contributed by atoms with E-state index in [1.165, 1.54) is 31.4 Å². The summed E-state index contributed by atoms with van der Waals surface area (Å²) in [6.07, 6.45) is 0. The molecule has 11 heteroatoms. The average molecular weight is 562 g/mol. The fourth-order valence-corrected chi connectivity index (χ4v) is 5.53. The first kappa shape index (κ1) is 26.4. The number of sulfonamides is 1. The summed E-state index contributed by atoms with van der Waals surface area (Å²) in [5, 5.41) is 3.92. The van der Waals surface area contributed by atoms with Crippen molar-refractivity contribution in [2.75, 3.05) is 18.0 Å². The normalized spacial score (nSPS) is 11.2. The summed E-state index contributed by atoms with van der Waals surface area (Å²) in [5.74, 6) is -0.420. The van der Waals surface area contributed by atoms with Gasteiger partial charge in [-0.25, -0.2) is 8.42 Å². The molecule has 6 nitrogen and oxygen atoms in total. The molecule has 34 heavy (non-hydrogen) atoms. The van der Waals surface area contributed by atoms with Crippen LogP contribution in [0.3, 0.4) is 0 Å². The van der Waals surface area contributed by atoms with Gasteiger partial charge >= 0.3 is 0 Å². The lowest BCUT2D eigenvalue weighted by Crippen LogP contribution is -2.40. The van der Waals surface area contributed by atoms with Crippen LogP contribution < -0.4 is 14.4 Å². The molecule has 0 aliphatic carbocycles. The molecule has 3 aromatic carbocycles. The van der Waals surface area contributed by atoms with E-state index in [9.17, 15) is 13.2 Å². The number of hydrogen-bond donors (Lipinski definition) is 1. The molecule has 0 atom stereocenters. The summed E-state index contributed by atoms with van der Waals surface area (Å²) in [6.45, 7) is 1.31. The van der Waals surface area contributed by atoms with Crippen LogP contribution in [-0.2, 0) is 21.4 Å². The van der Waals surface area contributed by atoms with Crippen LogP contribution >= 0.6 is 46.4 Å². The van der Waals surface area contributed by atoms with Gasteiger partial charge in [0.05, 0.1) is 22.8 Å². The Bertz CT molecular complexity index is 1330. The molecule has 0 heterocycles. The number of carbonyl (C=O) groups is 1. The maximum absolute atomic E-state index is 13.7. The lowest BCUT2D eigenvalue weighted by molar-refractivity contribution is -0.119. The fraction of sp³-hybridized carbons (Fsp3) is 0.174. The van der Waals surface area contributed by atoms with E-state index in [0.29, 0.717) is 21.2 Å². The van der Waals surface area contributed by atoms with E-state index < -0.39 is 22.5 Å². The molecule has 0 aliphatic heterocycles. The standard InChI is InChI=1S/C23H20Cl4N2O4S/c1-14-3-8-21(33-2)22(9-14)34(31,32)29(17-6-7-18(25)20(27)11-17)13-23(30)28-12-15-4-5-16(24)10-19(15)26/h3-11H,12-13H2,1-2H3,(H,28,30). The first-order valence-corrected chi connectivity index (χ1v) is 12.8. The van der Waals surface area contributed by atoms with Crippen LogP contribution in [-0.4, -0.2) is 28.0 Å². The molecule has 0 saturated carbocycles.